The van der Waals surface area contributed by atoms with Gasteiger partial charge in [-0.25, -0.2) is 4.79 Å². The van der Waals surface area contributed by atoms with Crippen molar-refractivity contribution < 1.29 is 29.3 Å². The second-order valence-corrected chi connectivity index (χ2v) is 13.8. The first-order valence-electron chi connectivity index (χ1n) is 17.3. The normalized spacial score (nSPS) is 31.3. The Hall–Kier alpha value is -3.01. The molecule has 0 aromatic carbocycles. The molecule has 2 fully saturated rings. The summed E-state index contributed by atoms with van der Waals surface area (Å²) in [5.74, 6) is -0.632. The van der Waals surface area contributed by atoms with Crippen LogP contribution in [0.4, 0.5) is 4.79 Å². The quantitative estimate of drug-likeness (QED) is 0.171. The molecule has 1 aliphatic carbocycles. The van der Waals surface area contributed by atoms with Crippen LogP contribution in [0.1, 0.15) is 97.0 Å². The van der Waals surface area contributed by atoms with Gasteiger partial charge in [-0.15, -0.1) is 0 Å². The van der Waals surface area contributed by atoms with Gasteiger partial charge in [-0.2, -0.15) is 0 Å². The lowest BCUT2D eigenvalue weighted by Crippen LogP contribution is -2.53. The summed E-state index contributed by atoms with van der Waals surface area (Å²) < 4.78 is 11.9. The van der Waals surface area contributed by atoms with Gasteiger partial charge in [0.1, 0.15) is 11.7 Å². The van der Waals surface area contributed by atoms with E-state index in [1.54, 1.807) is 24.1 Å². The lowest BCUT2D eigenvalue weighted by molar-refractivity contribution is -0.151. The van der Waals surface area contributed by atoms with Crippen molar-refractivity contribution in [1.29, 1.82) is 0 Å². The van der Waals surface area contributed by atoms with Gasteiger partial charge in [-0.05, 0) is 62.8 Å². The van der Waals surface area contributed by atoms with Crippen LogP contribution in [0.5, 0.6) is 0 Å². The van der Waals surface area contributed by atoms with Crippen LogP contribution in [0.3, 0.4) is 0 Å². The number of amides is 1. The predicted octanol–water partition coefficient (Wildman–Crippen LogP) is 5.93. The van der Waals surface area contributed by atoms with Gasteiger partial charge in [0.25, 0.3) is 0 Å². The van der Waals surface area contributed by atoms with Crippen LogP contribution in [-0.2, 0) is 14.3 Å². The van der Waals surface area contributed by atoms with Gasteiger partial charge in [0.15, 0.2) is 6.10 Å². The number of carbonyl (C=O) groups is 2. The zero-order chi connectivity index (χ0) is 33.1. The molecule has 1 amide bonds. The molecule has 46 heavy (non-hydrogen) atoms. The first kappa shape index (κ1) is 35.8. The van der Waals surface area contributed by atoms with Crippen molar-refractivity contribution in [1.82, 2.24) is 14.8 Å². The van der Waals surface area contributed by atoms with Gasteiger partial charge in [-0.3, -0.25) is 14.7 Å². The van der Waals surface area contributed by atoms with Crippen LogP contribution in [0.25, 0.3) is 0 Å². The van der Waals surface area contributed by atoms with E-state index in [9.17, 15) is 19.8 Å². The molecule has 6 atom stereocenters. The lowest BCUT2D eigenvalue weighted by atomic mass is 9.88. The summed E-state index contributed by atoms with van der Waals surface area (Å²) in [7, 11) is 0. The Bertz CT molecular complexity index is 1200. The van der Waals surface area contributed by atoms with E-state index in [4.69, 9.17) is 9.47 Å². The van der Waals surface area contributed by atoms with Crippen molar-refractivity contribution in [2.45, 2.75) is 121 Å². The SMILES string of the molecule is C/C(=C\C=C\[C@H](C)c1cccnc1)[C@H]1OC(=O)C[C@H](O)CC[C@@](C)(O)[C@@H](OC(=O)N2CCN(C3CCCCCC3)CC2)/C=C/[C@@H]1C. The van der Waals surface area contributed by atoms with E-state index in [0.29, 0.717) is 19.1 Å². The number of rotatable bonds is 6. The first-order chi connectivity index (χ1) is 22.0. The molecule has 254 valence electrons. The third-order valence-electron chi connectivity index (χ3n) is 9.88. The largest absolute Gasteiger partial charge is 0.457 e. The summed E-state index contributed by atoms with van der Waals surface area (Å²) >= 11 is 0. The Morgan fingerprint density at radius 2 is 1.85 bits per heavy atom. The van der Waals surface area contributed by atoms with E-state index in [-0.39, 0.29) is 31.1 Å². The molecule has 9 heteroatoms. The second-order valence-electron chi connectivity index (χ2n) is 13.8. The van der Waals surface area contributed by atoms with Gasteiger partial charge in [-0.1, -0.05) is 69.9 Å². The summed E-state index contributed by atoms with van der Waals surface area (Å²) in [6.45, 7) is 10.4. The molecule has 3 aliphatic rings. The van der Waals surface area contributed by atoms with Crippen LogP contribution in [0, 0.1) is 5.92 Å². The molecule has 1 saturated carbocycles. The highest BCUT2D eigenvalue weighted by atomic mass is 16.6. The highest BCUT2D eigenvalue weighted by Crippen LogP contribution is 2.28. The lowest BCUT2D eigenvalue weighted by Gasteiger charge is -2.40. The van der Waals surface area contributed by atoms with Crippen LogP contribution in [0.15, 0.2) is 60.5 Å². The van der Waals surface area contributed by atoms with Crippen molar-refractivity contribution in [3.8, 4) is 0 Å². The van der Waals surface area contributed by atoms with Gasteiger partial charge < -0.3 is 24.6 Å². The smallest absolute Gasteiger partial charge is 0.410 e. The maximum atomic E-state index is 13.4. The molecule has 1 aromatic rings. The Morgan fingerprint density at radius 3 is 2.52 bits per heavy atom. The number of cyclic esters (lactones) is 1. The molecule has 4 rings (SSSR count). The molecular weight excluding hydrogens is 582 g/mol. The Balaban J connectivity index is 1.45. The number of allylic oxidation sites excluding steroid dienone is 3. The van der Waals surface area contributed by atoms with Crippen molar-refractivity contribution in [3.05, 3.63) is 66.0 Å². The zero-order valence-electron chi connectivity index (χ0n) is 28.2. The van der Waals surface area contributed by atoms with Crippen LogP contribution in [-0.4, -0.2) is 93.2 Å². The summed E-state index contributed by atoms with van der Waals surface area (Å²) in [5, 5.41) is 22.1. The number of aliphatic hydroxyl groups excluding tert-OH is 1. The number of piperazine rings is 1. The minimum atomic E-state index is -1.44. The average Bonchev–Trinajstić information content (AvgIpc) is 3.34. The molecule has 1 saturated heterocycles. The van der Waals surface area contributed by atoms with E-state index < -0.39 is 36.0 Å². The Labute approximate surface area is 275 Å². The minimum Gasteiger partial charge on any atom is -0.457 e. The fourth-order valence-corrected chi connectivity index (χ4v) is 6.75. The third-order valence-corrected chi connectivity index (χ3v) is 9.88. The number of hydrogen-bond donors (Lipinski definition) is 2. The molecule has 9 nitrogen and oxygen atoms in total. The molecule has 0 radical (unpaired) electrons. The highest BCUT2D eigenvalue weighted by molar-refractivity contribution is 5.70. The van der Waals surface area contributed by atoms with Gasteiger partial charge in [0.2, 0.25) is 0 Å². The number of aliphatic hydroxyl groups is 2. The van der Waals surface area contributed by atoms with E-state index in [0.717, 1.165) is 24.2 Å². The van der Waals surface area contributed by atoms with Crippen molar-refractivity contribution in [3.63, 3.8) is 0 Å². The fraction of sp³-hybridized carbons (Fsp3) is 0.649. The molecule has 0 bridgehead atoms. The van der Waals surface area contributed by atoms with Crippen LogP contribution >= 0.6 is 0 Å². The molecule has 2 N–H and O–H groups in total. The molecule has 3 heterocycles. The standard InChI is InChI=1S/C37H55N3O6/c1-27(30-13-10-20-38-26-30)11-9-12-28(2)35-29(3)16-17-33(37(4,44)19-18-32(41)25-34(42)46-35)45-36(43)40-23-21-39(22-24-40)31-14-7-5-6-8-15-31/h9-13,16-17,20,26-27,29,31-33,35,41,44H,5-8,14-15,18-19,21-25H2,1-4H3/b11-9+,17-16+,28-12+/t27-,29-,32+,33-,35+,37+/m0/s1. The fourth-order valence-electron chi connectivity index (χ4n) is 6.75. The number of aromatic nitrogens is 1. The van der Waals surface area contributed by atoms with Crippen LogP contribution < -0.4 is 0 Å². The average molecular weight is 638 g/mol. The summed E-state index contributed by atoms with van der Waals surface area (Å²) in [6.07, 6.45) is 17.9. The number of pyridine rings is 1. The number of ether oxygens (including phenoxy) is 2. The van der Waals surface area contributed by atoms with Crippen molar-refractivity contribution in [2.75, 3.05) is 26.2 Å². The number of carbonyl (C=O) groups excluding carboxylic acids is 2. The Morgan fingerprint density at radius 1 is 1.13 bits per heavy atom. The van der Waals surface area contributed by atoms with Gasteiger partial charge >= 0.3 is 12.1 Å². The molecule has 0 spiro atoms. The highest BCUT2D eigenvalue weighted by Gasteiger charge is 2.37. The third kappa shape index (κ3) is 10.5. The second kappa shape index (κ2) is 17.2. The molecular formula is C37H55N3O6. The van der Waals surface area contributed by atoms with E-state index in [2.05, 4.69) is 22.9 Å². The number of hydrogen-bond acceptors (Lipinski definition) is 8. The van der Waals surface area contributed by atoms with Crippen molar-refractivity contribution in [2.24, 2.45) is 5.92 Å². The molecule has 0 unspecified atom stereocenters. The monoisotopic (exact) mass is 637 g/mol. The maximum Gasteiger partial charge on any atom is 0.410 e. The summed E-state index contributed by atoms with van der Waals surface area (Å²) in [5.41, 5.74) is 0.490. The number of esters is 1. The van der Waals surface area contributed by atoms with E-state index in [1.165, 1.54) is 38.5 Å². The van der Waals surface area contributed by atoms with E-state index >= 15 is 0 Å². The van der Waals surface area contributed by atoms with E-state index in [1.807, 2.05) is 50.4 Å². The van der Waals surface area contributed by atoms with Gasteiger partial charge in [0.05, 0.1) is 12.5 Å². The summed E-state index contributed by atoms with van der Waals surface area (Å²) in [4.78, 5) is 34.7. The zero-order valence-corrected chi connectivity index (χ0v) is 28.2. The summed E-state index contributed by atoms with van der Waals surface area (Å²) in [6, 6.07) is 4.54. The molecule has 1 aromatic heterocycles. The first-order valence-corrected chi connectivity index (χ1v) is 17.3. The predicted molar refractivity (Wildman–Crippen MR) is 179 cm³/mol. The minimum absolute atomic E-state index is 0.149. The van der Waals surface area contributed by atoms with Crippen molar-refractivity contribution >= 4 is 12.1 Å². The molecule has 2 aliphatic heterocycles. The van der Waals surface area contributed by atoms with Gasteiger partial charge in [0, 0.05) is 56.5 Å². The van der Waals surface area contributed by atoms with Crippen LogP contribution in [0.2, 0.25) is 0 Å². The maximum absolute atomic E-state index is 13.4. The number of nitrogens with zero attached hydrogens (tertiary/aromatic N) is 3. The topological polar surface area (TPSA) is 112 Å². The Kier molecular flexibility index (Phi) is 13.4.